The number of hydrazone groups is 1. The van der Waals surface area contributed by atoms with Crippen molar-refractivity contribution >= 4 is 35.5 Å². The van der Waals surface area contributed by atoms with Crippen molar-refractivity contribution in [2.24, 2.45) is 5.10 Å². The van der Waals surface area contributed by atoms with Crippen molar-refractivity contribution < 1.29 is 14.3 Å². The summed E-state index contributed by atoms with van der Waals surface area (Å²) < 4.78 is 12.7. The van der Waals surface area contributed by atoms with E-state index in [-0.39, 0.29) is 11.7 Å². The molecule has 1 aromatic heterocycles. The lowest BCUT2D eigenvalue weighted by Gasteiger charge is -2.11. The van der Waals surface area contributed by atoms with Crippen LogP contribution >= 0.6 is 23.4 Å². The quantitative estimate of drug-likeness (QED) is 0.174. The molecular weight excluding hydrogens is 498 g/mol. The zero-order valence-electron chi connectivity index (χ0n) is 19.7. The number of carbonyl (C=O) groups excluding carboxylic acids is 1. The van der Waals surface area contributed by atoms with E-state index in [9.17, 15) is 4.79 Å². The number of benzene rings is 3. The number of halogens is 1. The van der Waals surface area contributed by atoms with Crippen molar-refractivity contribution in [1.82, 2.24) is 20.2 Å². The molecule has 0 radical (unpaired) electrons. The first-order valence-electron chi connectivity index (χ1n) is 11.1. The first-order chi connectivity index (χ1) is 17.6. The molecule has 1 amide bonds. The molecule has 0 bridgehead atoms. The lowest BCUT2D eigenvalue weighted by molar-refractivity contribution is -0.118. The summed E-state index contributed by atoms with van der Waals surface area (Å²) in [7, 11) is 1.62. The number of para-hydroxylation sites is 1. The van der Waals surface area contributed by atoms with Crippen LogP contribution in [0.25, 0.3) is 17.1 Å². The summed E-state index contributed by atoms with van der Waals surface area (Å²) in [5, 5.41) is 14.0. The van der Waals surface area contributed by atoms with Gasteiger partial charge in [0.1, 0.15) is 11.5 Å². The lowest BCUT2D eigenvalue weighted by atomic mass is 10.2. The molecule has 10 heteroatoms. The van der Waals surface area contributed by atoms with Crippen molar-refractivity contribution in [2.75, 3.05) is 19.5 Å². The normalized spacial score (nSPS) is 11.0. The van der Waals surface area contributed by atoms with Crippen LogP contribution in [0.1, 0.15) is 12.5 Å². The predicted molar refractivity (Wildman–Crippen MR) is 142 cm³/mol. The Morgan fingerprint density at radius 1 is 1.08 bits per heavy atom. The van der Waals surface area contributed by atoms with E-state index in [1.165, 1.54) is 11.8 Å². The van der Waals surface area contributed by atoms with E-state index in [0.717, 1.165) is 22.6 Å². The van der Waals surface area contributed by atoms with Gasteiger partial charge in [-0.2, -0.15) is 5.10 Å². The van der Waals surface area contributed by atoms with E-state index in [1.807, 2.05) is 72.2 Å². The summed E-state index contributed by atoms with van der Waals surface area (Å²) in [5.41, 5.74) is 5.01. The van der Waals surface area contributed by atoms with Gasteiger partial charge in [0.25, 0.3) is 5.91 Å². The third kappa shape index (κ3) is 6.24. The van der Waals surface area contributed by atoms with E-state index in [2.05, 4.69) is 20.7 Å². The fourth-order valence-corrected chi connectivity index (χ4v) is 4.19. The van der Waals surface area contributed by atoms with E-state index >= 15 is 0 Å². The zero-order chi connectivity index (χ0) is 25.3. The number of nitrogens with one attached hydrogen (secondary N) is 1. The Bertz CT molecular complexity index is 1340. The van der Waals surface area contributed by atoms with Gasteiger partial charge in [0.2, 0.25) is 0 Å². The molecule has 3 aromatic carbocycles. The molecule has 0 aliphatic heterocycles. The summed E-state index contributed by atoms with van der Waals surface area (Å²) in [4.78, 5) is 12.5. The van der Waals surface area contributed by atoms with Crippen molar-refractivity contribution in [3.63, 3.8) is 0 Å². The maximum Gasteiger partial charge on any atom is 0.250 e. The average molecular weight is 522 g/mol. The maximum atomic E-state index is 12.5. The Balaban J connectivity index is 1.50. The molecule has 0 spiro atoms. The van der Waals surface area contributed by atoms with Crippen molar-refractivity contribution in [3.05, 3.63) is 83.4 Å². The third-order valence-corrected chi connectivity index (χ3v) is 6.19. The lowest BCUT2D eigenvalue weighted by Crippen LogP contribution is -2.20. The van der Waals surface area contributed by atoms with Gasteiger partial charge in [0, 0.05) is 21.8 Å². The molecule has 0 aliphatic rings. The SMILES string of the molecule is CCOc1ccccc1/C=N\NC(=O)CSc1nnc(-c2ccc(OC)cc2)n1-c1ccc(Cl)cc1. The van der Waals surface area contributed by atoms with Gasteiger partial charge in [-0.1, -0.05) is 35.5 Å². The molecule has 4 rings (SSSR count). The number of aromatic nitrogens is 3. The Hall–Kier alpha value is -3.82. The summed E-state index contributed by atoms with van der Waals surface area (Å²) in [6.45, 7) is 2.45. The van der Waals surface area contributed by atoms with Crippen LogP contribution in [0.4, 0.5) is 0 Å². The number of hydrogen-bond acceptors (Lipinski definition) is 7. The molecule has 0 atom stereocenters. The van der Waals surface area contributed by atoms with E-state index in [4.69, 9.17) is 21.1 Å². The van der Waals surface area contributed by atoms with Crippen LogP contribution in [-0.2, 0) is 4.79 Å². The highest BCUT2D eigenvalue weighted by Gasteiger charge is 2.17. The minimum Gasteiger partial charge on any atom is -0.497 e. The third-order valence-electron chi connectivity index (χ3n) is 5.01. The predicted octanol–water partition coefficient (Wildman–Crippen LogP) is 5.24. The second-order valence-corrected chi connectivity index (χ2v) is 8.78. The van der Waals surface area contributed by atoms with Crippen LogP contribution in [0, 0.1) is 0 Å². The number of ether oxygens (including phenoxy) is 2. The van der Waals surface area contributed by atoms with Gasteiger partial charge in [0.15, 0.2) is 11.0 Å². The van der Waals surface area contributed by atoms with E-state index < -0.39 is 0 Å². The highest BCUT2D eigenvalue weighted by molar-refractivity contribution is 7.99. The van der Waals surface area contributed by atoms with Gasteiger partial charge in [-0.3, -0.25) is 9.36 Å². The Morgan fingerprint density at radius 3 is 2.56 bits per heavy atom. The summed E-state index contributed by atoms with van der Waals surface area (Å²) in [6.07, 6.45) is 1.56. The largest absolute Gasteiger partial charge is 0.497 e. The topological polar surface area (TPSA) is 90.6 Å². The molecule has 0 saturated carbocycles. The molecule has 4 aromatic rings. The molecule has 1 heterocycles. The van der Waals surface area contributed by atoms with Crippen LogP contribution in [0.2, 0.25) is 5.02 Å². The molecule has 0 fully saturated rings. The number of amides is 1. The van der Waals surface area contributed by atoms with Gasteiger partial charge in [-0.05, 0) is 67.6 Å². The second kappa shape index (κ2) is 12.2. The number of hydrogen-bond donors (Lipinski definition) is 1. The van der Waals surface area contributed by atoms with Gasteiger partial charge >= 0.3 is 0 Å². The first kappa shape index (κ1) is 25.3. The Labute approximate surface area is 218 Å². The number of rotatable bonds is 10. The van der Waals surface area contributed by atoms with Gasteiger partial charge in [-0.25, -0.2) is 5.43 Å². The number of carbonyl (C=O) groups is 1. The minimum atomic E-state index is -0.276. The van der Waals surface area contributed by atoms with Crippen molar-refractivity contribution in [3.8, 4) is 28.6 Å². The molecule has 36 heavy (non-hydrogen) atoms. The minimum absolute atomic E-state index is 0.0960. The summed E-state index contributed by atoms with van der Waals surface area (Å²) in [5.74, 6) is 1.90. The van der Waals surface area contributed by atoms with Crippen LogP contribution in [0.15, 0.2) is 83.1 Å². The molecular formula is C26H24ClN5O3S. The van der Waals surface area contributed by atoms with Crippen LogP contribution in [0.5, 0.6) is 11.5 Å². The highest BCUT2D eigenvalue weighted by atomic mass is 35.5. The molecule has 0 aliphatic carbocycles. The van der Waals surface area contributed by atoms with Crippen LogP contribution < -0.4 is 14.9 Å². The van der Waals surface area contributed by atoms with E-state index in [0.29, 0.717) is 28.4 Å². The number of methoxy groups -OCH3 is 1. The second-order valence-electron chi connectivity index (χ2n) is 7.40. The average Bonchev–Trinajstić information content (AvgIpc) is 3.33. The first-order valence-corrected chi connectivity index (χ1v) is 12.5. The van der Waals surface area contributed by atoms with Crippen LogP contribution in [0.3, 0.4) is 0 Å². The van der Waals surface area contributed by atoms with Crippen molar-refractivity contribution in [1.29, 1.82) is 0 Å². The molecule has 1 N–H and O–H groups in total. The Morgan fingerprint density at radius 2 is 1.83 bits per heavy atom. The van der Waals surface area contributed by atoms with Crippen molar-refractivity contribution in [2.45, 2.75) is 12.1 Å². The van der Waals surface area contributed by atoms with Crippen LogP contribution in [-0.4, -0.2) is 46.4 Å². The molecule has 0 saturated heterocycles. The van der Waals surface area contributed by atoms with Gasteiger partial charge in [0.05, 0.1) is 25.7 Å². The highest BCUT2D eigenvalue weighted by Crippen LogP contribution is 2.29. The number of thioether (sulfide) groups is 1. The molecule has 184 valence electrons. The van der Waals surface area contributed by atoms with E-state index in [1.54, 1.807) is 25.5 Å². The Kier molecular flexibility index (Phi) is 8.59. The maximum absolute atomic E-state index is 12.5. The molecule has 8 nitrogen and oxygen atoms in total. The summed E-state index contributed by atoms with van der Waals surface area (Å²) >= 11 is 7.35. The summed E-state index contributed by atoms with van der Waals surface area (Å²) in [6, 6.07) is 22.4. The fraction of sp³-hybridized carbons (Fsp3) is 0.154. The number of nitrogens with zero attached hydrogens (tertiary/aromatic N) is 4. The zero-order valence-corrected chi connectivity index (χ0v) is 21.3. The standard InChI is InChI=1S/C26H24ClN5O3S/c1-3-35-23-7-5-4-6-19(23)16-28-29-24(33)17-36-26-31-30-25(18-8-14-22(34-2)15-9-18)32(26)21-12-10-20(27)11-13-21/h4-16H,3,17H2,1-2H3,(H,29,33)/b28-16-. The van der Waals surface area contributed by atoms with Gasteiger partial charge < -0.3 is 9.47 Å². The van der Waals surface area contributed by atoms with Gasteiger partial charge in [-0.15, -0.1) is 10.2 Å². The monoisotopic (exact) mass is 521 g/mol. The fourth-order valence-electron chi connectivity index (χ4n) is 3.32. The smallest absolute Gasteiger partial charge is 0.250 e. The molecule has 0 unspecified atom stereocenters.